The molecule has 0 spiro atoms. The third kappa shape index (κ3) is 3.58. The van der Waals surface area contributed by atoms with Crippen molar-refractivity contribution in [2.24, 2.45) is 4.99 Å². The van der Waals surface area contributed by atoms with E-state index in [2.05, 4.69) is 0 Å². The van der Waals surface area contributed by atoms with Crippen molar-refractivity contribution >= 4 is 34.3 Å². The minimum absolute atomic E-state index is 0.0854. The summed E-state index contributed by atoms with van der Waals surface area (Å²) in [7, 11) is 0. The van der Waals surface area contributed by atoms with Crippen LogP contribution in [0.3, 0.4) is 0 Å². The van der Waals surface area contributed by atoms with Gasteiger partial charge in [0.1, 0.15) is 0 Å². The average Bonchev–Trinajstić information content (AvgIpc) is 3.13. The van der Waals surface area contributed by atoms with Crippen LogP contribution in [0.15, 0.2) is 126 Å². The Bertz CT molecular complexity index is 1260. The van der Waals surface area contributed by atoms with Gasteiger partial charge in [0.2, 0.25) is 5.78 Å². The average molecular weight is 400 g/mol. The maximum Gasteiger partial charge on any atom is 0.231 e. The summed E-state index contributed by atoms with van der Waals surface area (Å²) >= 11 is 0. The Morgan fingerprint density at radius 3 is 1.61 bits per heavy atom. The highest BCUT2D eigenvalue weighted by Crippen LogP contribution is 2.40. The predicted octanol–water partition coefficient (Wildman–Crippen LogP) is 6.37. The Morgan fingerprint density at radius 1 is 0.548 bits per heavy atom. The lowest BCUT2D eigenvalue weighted by atomic mass is 9.98. The van der Waals surface area contributed by atoms with Gasteiger partial charge in [0.15, 0.2) is 5.84 Å². The third-order valence-electron chi connectivity index (χ3n) is 5.22. The molecule has 0 fully saturated rings. The lowest BCUT2D eigenvalue weighted by Gasteiger charge is -2.23. The van der Waals surface area contributed by atoms with Crippen LogP contribution in [0.2, 0.25) is 0 Å². The maximum absolute atomic E-state index is 13.8. The zero-order valence-corrected chi connectivity index (χ0v) is 16.8. The van der Waals surface area contributed by atoms with Crippen LogP contribution in [0.25, 0.3) is 11.3 Å². The number of nitrogens with zero attached hydrogens (tertiary/aromatic N) is 2. The molecule has 31 heavy (non-hydrogen) atoms. The molecular weight excluding hydrogens is 380 g/mol. The van der Waals surface area contributed by atoms with Crippen LogP contribution >= 0.6 is 0 Å². The molecule has 0 saturated heterocycles. The summed E-state index contributed by atoms with van der Waals surface area (Å²) in [6.45, 7) is 0. The number of para-hydroxylation sites is 2. The zero-order chi connectivity index (χ0) is 21.0. The van der Waals surface area contributed by atoms with Gasteiger partial charge in [-0.2, -0.15) is 0 Å². The summed E-state index contributed by atoms with van der Waals surface area (Å²) < 4.78 is 0. The summed E-state index contributed by atoms with van der Waals surface area (Å²) in [4.78, 5) is 20.6. The molecule has 4 aromatic rings. The van der Waals surface area contributed by atoms with Crippen molar-refractivity contribution in [3.63, 3.8) is 0 Å². The monoisotopic (exact) mass is 400 g/mol. The zero-order valence-electron chi connectivity index (χ0n) is 16.8. The van der Waals surface area contributed by atoms with E-state index in [0.717, 1.165) is 28.2 Å². The highest BCUT2D eigenvalue weighted by molar-refractivity contribution is 6.67. The normalized spacial score (nSPS) is 15.0. The van der Waals surface area contributed by atoms with Crippen molar-refractivity contribution < 1.29 is 4.79 Å². The molecule has 1 aliphatic rings. The Hall–Kier alpha value is -4.24. The number of ketones is 1. The number of carbonyl (C=O) groups is 1. The van der Waals surface area contributed by atoms with Crippen molar-refractivity contribution in [3.8, 4) is 0 Å². The van der Waals surface area contributed by atoms with Gasteiger partial charge in [-0.25, -0.2) is 4.99 Å². The first kappa shape index (κ1) is 18.8. The van der Waals surface area contributed by atoms with Crippen LogP contribution < -0.4 is 4.90 Å². The summed E-state index contributed by atoms with van der Waals surface area (Å²) in [5.41, 5.74) is 4.99. The lowest BCUT2D eigenvalue weighted by molar-refractivity contribution is -0.108. The minimum atomic E-state index is -0.0854. The third-order valence-corrected chi connectivity index (χ3v) is 5.22. The Morgan fingerprint density at radius 2 is 1.03 bits per heavy atom. The van der Waals surface area contributed by atoms with Crippen molar-refractivity contribution in [1.82, 2.24) is 0 Å². The fourth-order valence-corrected chi connectivity index (χ4v) is 3.83. The van der Waals surface area contributed by atoms with E-state index in [4.69, 9.17) is 4.99 Å². The molecule has 3 nitrogen and oxygen atoms in total. The number of hydrogen-bond acceptors (Lipinski definition) is 2. The first-order valence-electron chi connectivity index (χ1n) is 10.2. The van der Waals surface area contributed by atoms with E-state index >= 15 is 0 Å². The molecule has 0 radical (unpaired) electrons. The van der Waals surface area contributed by atoms with E-state index < -0.39 is 0 Å². The van der Waals surface area contributed by atoms with Crippen molar-refractivity contribution in [2.45, 2.75) is 0 Å². The Balaban J connectivity index is 1.80. The molecule has 0 saturated carbocycles. The van der Waals surface area contributed by atoms with E-state index in [0.29, 0.717) is 11.4 Å². The molecule has 0 atom stereocenters. The lowest BCUT2D eigenvalue weighted by Crippen LogP contribution is -2.28. The van der Waals surface area contributed by atoms with Gasteiger partial charge >= 0.3 is 0 Å². The second kappa shape index (κ2) is 8.25. The van der Waals surface area contributed by atoms with Crippen LogP contribution in [-0.2, 0) is 4.79 Å². The van der Waals surface area contributed by atoms with E-state index in [9.17, 15) is 4.79 Å². The highest BCUT2D eigenvalue weighted by atomic mass is 16.1. The summed E-state index contributed by atoms with van der Waals surface area (Å²) in [5.74, 6) is 0.313. The molecule has 1 heterocycles. The summed E-state index contributed by atoms with van der Waals surface area (Å²) in [6, 6.07) is 39.4. The number of hydrogen-bond donors (Lipinski definition) is 0. The predicted molar refractivity (Wildman–Crippen MR) is 127 cm³/mol. The minimum Gasteiger partial charge on any atom is -0.290 e. The number of rotatable bonds is 4. The highest BCUT2D eigenvalue weighted by Gasteiger charge is 2.38. The molecule has 0 aromatic heterocycles. The van der Waals surface area contributed by atoms with E-state index in [1.165, 1.54) is 0 Å². The quantitative estimate of drug-likeness (QED) is 0.398. The van der Waals surface area contributed by atoms with Gasteiger partial charge in [-0.05, 0) is 35.4 Å². The molecule has 4 aromatic carbocycles. The Labute approximate surface area is 181 Å². The number of anilines is 1. The Kier molecular flexibility index (Phi) is 4.99. The number of benzene rings is 4. The van der Waals surface area contributed by atoms with E-state index in [1.807, 2.05) is 126 Å². The standard InChI is InChI=1S/C28H20N2O/c31-27-25(21-13-5-1-6-14-21)26(22-15-7-2-8-16-22)30(24-19-11-4-12-20-24)28(27)29-23-17-9-3-10-18-23/h1-20H. The molecular formula is C28H20N2O. The molecule has 5 rings (SSSR count). The van der Waals surface area contributed by atoms with Gasteiger partial charge in [0, 0.05) is 5.69 Å². The van der Waals surface area contributed by atoms with E-state index in [-0.39, 0.29) is 5.78 Å². The van der Waals surface area contributed by atoms with Gasteiger partial charge in [-0.1, -0.05) is 97.1 Å². The SMILES string of the molecule is O=C1C(=Nc2ccccc2)N(c2ccccc2)C(c2ccccc2)=C1c1ccccc1. The first-order chi connectivity index (χ1) is 15.3. The fourth-order valence-electron chi connectivity index (χ4n) is 3.83. The molecule has 0 N–H and O–H groups in total. The van der Waals surface area contributed by atoms with Gasteiger partial charge in [0.05, 0.1) is 17.0 Å². The number of amidine groups is 1. The molecule has 148 valence electrons. The van der Waals surface area contributed by atoms with Crippen LogP contribution in [0.1, 0.15) is 11.1 Å². The second-order valence-electron chi connectivity index (χ2n) is 7.23. The first-order valence-corrected chi connectivity index (χ1v) is 10.2. The van der Waals surface area contributed by atoms with Gasteiger partial charge in [-0.15, -0.1) is 0 Å². The number of Topliss-reactive ketones (excluding diaryl/α,β-unsaturated/α-hetero) is 1. The maximum atomic E-state index is 13.8. The molecule has 3 heteroatoms. The topological polar surface area (TPSA) is 32.7 Å². The van der Waals surface area contributed by atoms with Crippen LogP contribution in [0.4, 0.5) is 11.4 Å². The number of carbonyl (C=O) groups excluding carboxylic acids is 1. The van der Waals surface area contributed by atoms with Crippen LogP contribution in [0.5, 0.6) is 0 Å². The van der Waals surface area contributed by atoms with Gasteiger partial charge < -0.3 is 0 Å². The smallest absolute Gasteiger partial charge is 0.231 e. The van der Waals surface area contributed by atoms with Crippen molar-refractivity contribution in [2.75, 3.05) is 4.90 Å². The molecule has 0 amide bonds. The van der Waals surface area contributed by atoms with Crippen LogP contribution in [-0.4, -0.2) is 11.6 Å². The van der Waals surface area contributed by atoms with Gasteiger partial charge in [0.25, 0.3) is 0 Å². The molecule has 1 aliphatic heterocycles. The van der Waals surface area contributed by atoms with E-state index in [1.54, 1.807) is 0 Å². The number of aliphatic imine (C=N–C) groups is 1. The van der Waals surface area contributed by atoms with Crippen LogP contribution in [0, 0.1) is 0 Å². The van der Waals surface area contributed by atoms with Crippen molar-refractivity contribution in [1.29, 1.82) is 0 Å². The van der Waals surface area contributed by atoms with Crippen molar-refractivity contribution in [3.05, 3.63) is 132 Å². The largest absolute Gasteiger partial charge is 0.290 e. The van der Waals surface area contributed by atoms with Gasteiger partial charge in [-0.3, -0.25) is 9.69 Å². The summed E-state index contributed by atoms with van der Waals surface area (Å²) in [5, 5.41) is 0. The fraction of sp³-hybridized carbons (Fsp3) is 0. The molecule has 0 bridgehead atoms. The molecule has 0 unspecified atom stereocenters. The second-order valence-corrected chi connectivity index (χ2v) is 7.23. The summed E-state index contributed by atoms with van der Waals surface area (Å²) in [6.07, 6.45) is 0. The molecule has 0 aliphatic carbocycles.